The summed E-state index contributed by atoms with van der Waals surface area (Å²) in [6, 6.07) is 14.1. The van der Waals surface area contributed by atoms with Gasteiger partial charge >= 0.3 is 0 Å². The van der Waals surface area contributed by atoms with Crippen LogP contribution < -0.4 is 10.1 Å². The summed E-state index contributed by atoms with van der Waals surface area (Å²) in [4.78, 5) is 16.6. The molecular formula is C23H28N4O2. The number of hydrogen-bond donors (Lipinski definition) is 1. The minimum Gasteiger partial charge on any atom is -0.481 e. The van der Waals surface area contributed by atoms with Gasteiger partial charge < -0.3 is 10.1 Å². The first-order valence-electron chi connectivity index (χ1n) is 9.88. The van der Waals surface area contributed by atoms with E-state index < -0.39 is 6.10 Å². The second-order valence-electron chi connectivity index (χ2n) is 7.54. The molecule has 0 aliphatic rings. The molecular weight excluding hydrogens is 364 g/mol. The standard InChI is InChI=1S/C23H28N4O2/c1-16(2)21-10-9-17(3)11-22(21)29-18(4)23(28)25-12-19-7-5-6-8-20(19)13-27-15-24-14-26-27/h5-11,14-16,18H,12-13H2,1-4H3,(H,25,28)/t18-/m1/s1. The van der Waals surface area contributed by atoms with Gasteiger partial charge in [-0.15, -0.1) is 0 Å². The number of carbonyl (C=O) groups excluding carboxylic acids is 1. The molecule has 1 N–H and O–H groups in total. The lowest BCUT2D eigenvalue weighted by Gasteiger charge is -2.19. The zero-order valence-electron chi connectivity index (χ0n) is 17.4. The Kier molecular flexibility index (Phi) is 6.65. The van der Waals surface area contributed by atoms with E-state index in [1.54, 1.807) is 17.9 Å². The number of carbonyl (C=O) groups is 1. The van der Waals surface area contributed by atoms with Crippen LogP contribution >= 0.6 is 0 Å². The predicted octanol–water partition coefficient (Wildman–Crippen LogP) is 3.84. The van der Waals surface area contributed by atoms with Gasteiger partial charge in [-0.1, -0.05) is 50.2 Å². The largest absolute Gasteiger partial charge is 0.481 e. The van der Waals surface area contributed by atoms with Crippen molar-refractivity contribution in [1.82, 2.24) is 20.1 Å². The molecule has 152 valence electrons. The monoisotopic (exact) mass is 392 g/mol. The summed E-state index contributed by atoms with van der Waals surface area (Å²) < 4.78 is 7.78. The molecule has 29 heavy (non-hydrogen) atoms. The lowest BCUT2D eigenvalue weighted by atomic mass is 10.0. The molecule has 3 rings (SSSR count). The van der Waals surface area contributed by atoms with Crippen LogP contribution in [0.2, 0.25) is 0 Å². The van der Waals surface area contributed by atoms with Crippen LogP contribution in [0.15, 0.2) is 55.1 Å². The maximum absolute atomic E-state index is 12.7. The fraction of sp³-hybridized carbons (Fsp3) is 0.348. The Hall–Kier alpha value is -3.15. The molecule has 0 saturated heterocycles. The summed E-state index contributed by atoms with van der Waals surface area (Å²) in [7, 11) is 0. The average molecular weight is 393 g/mol. The van der Waals surface area contributed by atoms with E-state index in [0.29, 0.717) is 19.0 Å². The van der Waals surface area contributed by atoms with Crippen LogP contribution in [0.4, 0.5) is 0 Å². The van der Waals surface area contributed by atoms with E-state index in [-0.39, 0.29) is 5.91 Å². The number of ether oxygens (including phenoxy) is 1. The highest BCUT2D eigenvalue weighted by Crippen LogP contribution is 2.28. The van der Waals surface area contributed by atoms with Crippen molar-refractivity contribution in [3.05, 3.63) is 77.4 Å². The van der Waals surface area contributed by atoms with Gasteiger partial charge in [0.1, 0.15) is 18.4 Å². The fourth-order valence-corrected chi connectivity index (χ4v) is 3.16. The van der Waals surface area contributed by atoms with Crippen LogP contribution in [-0.4, -0.2) is 26.8 Å². The highest BCUT2D eigenvalue weighted by Gasteiger charge is 2.18. The van der Waals surface area contributed by atoms with Crippen LogP contribution in [0.1, 0.15) is 48.9 Å². The normalized spacial score (nSPS) is 12.0. The van der Waals surface area contributed by atoms with E-state index in [0.717, 1.165) is 28.0 Å². The highest BCUT2D eigenvalue weighted by molar-refractivity contribution is 5.80. The first-order chi connectivity index (χ1) is 13.9. The number of benzene rings is 2. The number of aromatic nitrogens is 3. The van der Waals surface area contributed by atoms with Crippen LogP contribution in [0.5, 0.6) is 5.75 Å². The Morgan fingerprint density at radius 2 is 1.90 bits per heavy atom. The van der Waals surface area contributed by atoms with E-state index in [1.165, 1.54) is 6.33 Å². The van der Waals surface area contributed by atoms with Crippen molar-refractivity contribution in [3.63, 3.8) is 0 Å². The molecule has 0 aliphatic heterocycles. The first kappa shape index (κ1) is 20.6. The quantitative estimate of drug-likeness (QED) is 0.632. The summed E-state index contributed by atoms with van der Waals surface area (Å²) >= 11 is 0. The molecule has 0 bridgehead atoms. The van der Waals surface area contributed by atoms with Crippen molar-refractivity contribution in [2.75, 3.05) is 0 Å². The molecule has 6 nitrogen and oxygen atoms in total. The Morgan fingerprint density at radius 3 is 2.59 bits per heavy atom. The average Bonchev–Trinajstić information content (AvgIpc) is 3.20. The van der Waals surface area contributed by atoms with Crippen LogP contribution in [0.3, 0.4) is 0 Å². The van der Waals surface area contributed by atoms with E-state index in [2.05, 4.69) is 41.4 Å². The fourth-order valence-electron chi connectivity index (χ4n) is 3.16. The van der Waals surface area contributed by atoms with Gasteiger partial charge in [-0.3, -0.25) is 4.79 Å². The van der Waals surface area contributed by atoms with E-state index in [4.69, 9.17) is 4.74 Å². The van der Waals surface area contributed by atoms with E-state index >= 15 is 0 Å². The van der Waals surface area contributed by atoms with Gasteiger partial charge in [-0.25, -0.2) is 9.67 Å². The minimum absolute atomic E-state index is 0.142. The van der Waals surface area contributed by atoms with Crippen LogP contribution in [0, 0.1) is 6.92 Å². The highest BCUT2D eigenvalue weighted by atomic mass is 16.5. The molecule has 1 amide bonds. The Labute approximate surface area is 171 Å². The number of nitrogens with zero attached hydrogens (tertiary/aromatic N) is 3. The number of aryl methyl sites for hydroxylation is 1. The van der Waals surface area contributed by atoms with Gasteiger partial charge in [-0.05, 0) is 48.1 Å². The molecule has 0 aliphatic carbocycles. The zero-order chi connectivity index (χ0) is 20.8. The molecule has 6 heteroatoms. The number of nitrogens with one attached hydrogen (secondary N) is 1. The van der Waals surface area contributed by atoms with Crippen molar-refractivity contribution < 1.29 is 9.53 Å². The van der Waals surface area contributed by atoms with Gasteiger partial charge in [0.05, 0.1) is 6.54 Å². The maximum atomic E-state index is 12.7. The van der Waals surface area contributed by atoms with Crippen molar-refractivity contribution in [3.8, 4) is 5.75 Å². The molecule has 1 atom stereocenters. The third-order valence-corrected chi connectivity index (χ3v) is 4.83. The van der Waals surface area contributed by atoms with Gasteiger partial charge in [0, 0.05) is 6.54 Å². The SMILES string of the molecule is Cc1ccc(C(C)C)c(O[C@H](C)C(=O)NCc2ccccc2Cn2cncn2)c1. The van der Waals surface area contributed by atoms with Crippen LogP contribution in [-0.2, 0) is 17.9 Å². The van der Waals surface area contributed by atoms with Gasteiger partial charge in [-0.2, -0.15) is 5.10 Å². The topological polar surface area (TPSA) is 69.0 Å². The summed E-state index contributed by atoms with van der Waals surface area (Å²) in [6.07, 6.45) is 2.61. The maximum Gasteiger partial charge on any atom is 0.261 e. The van der Waals surface area contributed by atoms with Gasteiger partial charge in [0.2, 0.25) is 0 Å². The van der Waals surface area contributed by atoms with Crippen molar-refractivity contribution in [2.45, 2.75) is 52.8 Å². The summed E-state index contributed by atoms with van der Waals surface area (Å²) in [5.74, 6) is 0.954. The number of rotatable bonds is 8. The molecule has 3 aromatic rings. The molecule has 0 unspecified atom stereocenters. The predicted molar refractivity (Wildman–Crippen MR) is 113 cm³/mol. The van der Waals surface area contributed by atoms with Crippen LogP contribution in [0.25, 0.3) is 0 Å². The molecule has 0 fully saturated rings. The van der Waals surface area contributed by atoms with Gasteiger partial charge in [0.25, 0.3) is 5.91 Å². The first-order valence-corrected chi connectivity index (χ1v) is 9.88. The Bertz CT molecular complexity index is 951. The third-order valence-electron chi connectivity index (χ3n) is 4.83. The Balaban J connectivity index is 1.64. The molecule has 0 saturated carbocycles. The molecule has 2 aromatic carbocycles. The second kappa shape index (κ2) is 9.37. The number of hydrogen-bond acceptors (Lipinski definition) is 4. The number of amides is 1. The lowest BCUT2D eigenvalue weighted by molar-refractivity contribution is -0.127. The summed E-state index contributed by atoms with van der Waals surface area (Å²) in [5, 5.41) is 7.14. The van der Waals surface area contributed by atoms with E-state index in [9.17, 15) is 4.79 Å². The molecule has 0 spiro atoms. The smallest absolute Gasteiger partial charge is 0.261 e. The van der Waals surface area contributed by atoms with E-state index in [1.807, 2.05) is 37.3 Å². The summed E-state index contributed by atoms with van der Waals surface area (Å²) in [5.41, 5.74) is 4.35. The Morgan fingerprint density at radius 1 is 1.14 bits per heavy atom. The summed E-state index contributed by atoms with van der Waals surface area (Å²) in [6.45, 7) is 9.08. The van der Waals surface area contributed by atoms with Crippen molar-refractivity contribution in [2.24, 2.45) is 0 Å². The zero-order valence-corrected chi connectivity index (χ0v) is 17.4. The van der Waals surface area contributed by atoms with Crippen molar-refractivity contribution in [1.29, 1.82) is 0 Å². The lowest BCUT2D eigenvalue weighted by Crippen LogP contribution is -2.36. The molecule has 1 heterocycles. The molecule has 0 radical (unpaired) electrons. The van der Waals surface area contributed by atoms with Gasteiger partial charge in [0.15, 0.2) is 6.10 Å². The minimum atomic E-state index is -0.586. The third kappa shape index (κ3) is 5.44. The molecule has 1 aromatic heterocycles. The van der Waals surface area contributed by atoms with Crippen molar-refractivity contribution >= 4 is 5.91 Å². The second-order valence-corrected chi connectivity index (χ2v) is 7.54.